The summed E-state index contributed by atoms with van der Waals surface area (Å²) in [5.74, 6) is -1.17. The maximum Gasteiger partial charge on any atom is 0.337 e. The summed E-state index contributed by atoms with van der Waals surface area (Å²) in [7, 11) is -1.11. The van der Waals surface area contributed by atoms with Crippen molar-refractivity contribution in [2.24, 2.45) is 0 Å². The third-order valence-corrected chi connectivity index (χ3v) is 7.72. The van der Waals surface area contributed by atoms with Crippen LogP contribution in [0.15, 0.2) is 59.5 Å². The molecule has 1 amide bonds. The van der Waals surface area contributed by atoms with Gasteiger partial charge in [0.25, 0.3) is 0 Å². The number of rotatable bonds is 9. The summed E-state index contributed by atoms with van der Waals surface area (Å²) < 4.78 is 32.0. The number of ether oxygens (including phenoxy) is 1. The first-order chi connectivity index (χ1) is 16.1. The Morgan fingerprint density at radius 3 is 2.38 bits per heavy atom. The predicted octanol–water partition coefficient (Wildman–Crippen LogP) is 1.67. The van der Waals surface area contributed by atoms with Crippen LogP contribution >= 0.6 is 12.6 Å². The molecule has 2 atom stereocenters. The minimum atomic E-state index is -3.88. The second-order valence-electron chi connectivity index (χ2n) is 7.95. The zero-order valence-electron chi connectivity index (χ0n) is 18.9. The molecule has 34 heavy (non-hydrogen) atoms. The maximum absolute atomic E-state index is 13.1. The van der Waals surface area contributed by atoms with Gasteiger partial charge in [-0.25, -0.2) is 13.2 Å². The van der Waals surface area contributed by atoms with Crippen molar-refractivity contribution in [2.45, 2.75) is 22.6 Å². The molecule has 0 radical (unpaired) electrons. The highest BCUT2D eigenvalue weighted by molar-refractivity contribution is 7.89. The molecule has 0 aromatic heterocycles. The number of ketones is 1. The van der Waals surface area contributed by atoms with Crippen molar-refractivity contribution in [3.8, 4) is 0 Å². The molecule has 0 spiro atoms. The third-order valence-electron chi connectivity index (χ3n) is 5.45. The van der Waals surface area contributed by atoms with Gasteiger partial charge < -0.3 is 15.0 Å². The fourth-order valence-corrected chi connectivity index (χ4v) is 5.84. The summed E-state index contributed by atoms with van der Waals surface area (Å²) in [6, 6.07) is 13.4. The summed E-state index contributed by atoms with van der Waals surface area (Å²) in [6.45, 7) is -0.109. The molecule has 182 valence electrons. The van der Waals surface area contributed by atoms with Gasteiger partial charge in [-0.15, -0.1) is 0 Å². The summed E-state index contributed by atoms with van der Waals surface area (Å²) in [5.41, 5.74) is 1.02. The van der Waals surface area contributed by atoms with Gasteiger partial charge in [0.15, 0.2) is 5.78 Å². The number of sulfonamides is 1. The SMILES string of the molecule is COC(=O)c1ccc(NCC(=O)CN(C)C(=O)[C@@H]2C[C@@H](S)CN2S(=O)(=O)c2ccccc2)cc1. The van der Waals surface area contributed by atoms with Crippen molar-refractivity contribution in [2.75, 3.05) is 39.1 Å². The van der Waals surface area contributed by atoms with Crippen LogP contribution in [-0.2, 0) is 24.3 Å². The number of anilines is 1. The lowest BCUT2D eigenvalue weighted by atomic mass is 10.2. The van der Waals surface area contributed by atoms with E-state index in [-0.39, 0.29) is 42.0 Å². The number of nitrogens with one attached hydrogen (secondary N) is 1. The largest absolute Gasteiger partial charge is 0.465 e. The molecule has 1 heterocycles. The Labute approximate surface area is 204 Å². The van der Waals surface area contributed by atoms with Crippen LogP contribution in [0.3, 0.4) is 0 Å². The average molecular weight is 506 g/mol. The van der Waals surface area contributed by atoms with E-state index >= 15 is 0 Å². The Morgan fingerprint density at radius 1 is 1.12 bits per heavy atom. The molecule has 2 aromatic carbocycles. The molecule has 1 aliphatic rings. The van der Waals surface area contributed by atoms with Gasteiger partial charge in [-0.3, -0.25) is 9.59 Å². The van der Waals surface area contributed by atoms with Crippen molar-refractivity contribution >= 4 is 46.0 Å². The molecular formula is C23H27N3O6S2. The van der Waals surface area contributed by atoms with E-state index in [2.05, 4.69) is 22.7 Å². The highest BCUT2D eigenvalue weighted by Crippen LogP contribution is 2.29. The van der Waals surface area contributed by atoms with Crippen molar-refractivity contribution in [3.05, 3.63) is 60.2 Å². The first-order valence-corrected chi connectivity index (χ1v) is 12.5. The molecule has 1 fully saturated rings. The number of Topliss-reactive ketones (excluding diaryl/α,β-unsaturated/α-hetero) is 1. The fraction of sp³-hybridized carbons (Fsp3) is 0.348. The zero-order chi connectivity index (χ0) is 24.9. The van der Waals surface area contributed by atoms with Crippen LogP contribution in [-0.4, -0.2) is 80.4 Å². The molecule has 0 saturated carbocycles. The Kier molecular flexibility index (Phi) is 8.34. The van der Waals surface area contributed by atoms with E-state index in [0.29, 0.717) is 11.3 Å². The molecule has 1 N–H and O–H groups in total. The number of likely N-dealkylation sites (N-methyl/N-ethyl adjacent to an activating group) is 1. The van der Waals surface area contributed by atoms with Gasteiger partial charge in [-0.2, -0.15) is 16.9 Å². The molecular weight excluding hydrogens is 478 g/mol. The van der Waals surface area contributed by atoms with Gasteiger partial charge in [0.2, 0.25) is 15.9 Å². The van der Waals surface area contributed by atoms with E-state index in [9.17, 15) is 22.8 Å². The molecule has 0 bridgehead atoms. The van der Waals surface area contributed by atoms with Crippen molar-refractivity contribution in [1.82, 2.24) is 9.21 Å². The Balaban J connectivity index is 1.60. The monoisotopic (exact) mass is 505 g/mol. The molecule has 3 rings (SSSR count). The second kappa shape index (κ2) is 11.0. The summed E-state index contributed by atoms with van der Waals surface area (Å²) in [6.07, 6.45) is 0.261. The molecule has 2 aromatic rings. The number of nitrogens with zero attached hydrogens (tertiary/aromatic N) is 2. The summed E-state index contributed by atoms with van der Waals surface area (Å²) in [5, 5.41) is 2.66. The van der Waals surface area contributed by atoms with Crippen LogP contribution in [0.4, 0.5) is 5.69 Å². The van der Waals surface area contributed by atoms with Gasteiger partial charge in [-0.05, 0) is 42.8 Å². The molecule has 11 heteroatoms. The lowest BCUT2D eigenvalue weighted by Crippen LogP contribution is -2.48. The van der Waals surface area contributed by atoms with E-state index in [4.69, 9.17) is 0 Å². The molecule has 1 aliphatic heterocycles. The van der Waals surface area contributed by atoms with E-state index in [1.807, 2.05) is 0 Å². The lowest BCUT2D eigenvalue weighted by Gasteiger charge is -2.27. The third kappa shape index (κ3) is 5.96. The first-order valence-electron chi connectivity index (χ1n) is 10.6. The number of hydrogen-bond donors (Lipinski definition) is 2. The van der Waals surface area contributed by atoms with Crippen LogP contribution in [0.2, 0.25) is 0 Å². The van der Waals surface area contributed by atoms with Crippen molar-refractivity contribution in [1.29, 1.82) is 0 Å². The number of amides is 1. The van der Waals surface area contributed by atoms with Gasteiger partial charge in [0.05, 0.1) is 30.7 Å². The Morgan fingerprint density at radius 2 is 1.76 bits per heavy atom. The van der Waals surface area contributed by atoms with E-state index in [1.54, 1.807) is 42.5 Å². The van der Waals surface area contributed by atoms with Gasteiger partial charge in [0.1, 0.15) is 6.04 Å². The van der Waals surface area contributed by atoms with Crippen molar-refractivity contribution < 1.29 is 27.5 Å². The van der Waals surface area contributed by atoms with Crippen LogP contribution in [0.5, 0.6) is 0 Å². The number of carbonyl (C=O) groups is 3. The second-order valence-corrected chi connectivity index (χ2v) is 10.6. The number of esters is 1. The van der Waals surface area contributed by atoms with Gasteiger partial charge in [-0.1, -0.05) is 18.2 Å². The van der Waals surface area contributed by atoms with Crippen LogP contribution in [0.25, 0.3) is 0 Å². The van der Waals surface area contributed by atoms with Gasteiger partial charge >= 0.3 is 5.97 Å². The highest BCUT2D eigenvalue weighted by Gasteiger charge is 2.44. The van der Waals surface area contributed by atoms with E-state index < -0.39 is 27.9 Å². The fourth-order valence-electron chi connectivity index (χ4n) is 3.70. The zero-order valence-corrected chi connectivity index (χ0v) is 20.6. The minimum Gasteiger partial charge on any atom is -0.465 e. The average Bonchev–Trinajstić information content (AvgIpc) is 3.25. The predicted molar refractivity (Wildman–Crippen MR) is 130 cm³/mol. The highest BCUT2D eigenvalue weighted by atomic mass is 32.2. The summed E-state index contributed by atoms with van der Waals surface area (Å²) >= 11 is 4.41. The van der Waals surface area contributed by atoms with Crippen LogP contribution in [0, 0.1) is 0 Å². The van der Waals surface area contributed by atoms with Crippen LogP contribution in [0.1, 0.15) is 16.8 Å². The Hall–Kier alpha value is -2.89. The minimum absolute atomic E-state index is 0.0406. The van der Waals surface area contributed by atoms with Crippen LogP contribution < -0.4 is 5.32 Å². The first kappa shape index (κ1) is 25.7. The number of carbonyl (C=O) groups excluding carboxylic acids is 3. The number of methoxy groups -OCH3 is 1. The quantitative estimate of drug-likeness (QED) is 0.394. The van der Waals surface area contributed by atoms with Gasteiger partial charge in [0, 0.05) is 24.5 Å². The summed E-state index contributed by atoms with van der Waals surface area (Å²) in [4.78, 5) is 38.4. The van der Waals surface area contributed by atoms with Crippen molar-refractivity contribution in [3.63, 3.8) is 0 Å². The molecule has 0 unspecified atom stereocenters. The molecule has 9 nitrogen and oxygen atoms in total. The lowest BCUT2D eigenvalue weighted by molar-refractivity contribution is -0.136. The standard InChI is InChI=1S/C23H27N3O6S2/c1-25(14-18(27)13-24-17-10-8-16(9-11-17)23(29)32-2)22(28)21-12-19(33)15-26(21)34(30,31)20-6-4-3-5-7-20/h3-11,19,21,24,33H,12-15H2,1-2H3/t19-,21+/m1/s1. The maximum atomic E-state index is 13.1. The molecule has 0 aliphatic carbocycles. The van der Waals surface area contributed by atoms with E-state index in [1.165, 1.54) is 35.5 Å². The Bertz CT molecular complexity index is 1140. The topological polar surface area (TPSA) is 113 Å². The normalized spacial score (nSPS) is 18.3. The van der Waals surface area contributed by atoms with E-state index in [0.717, 1.165) is 0 Å². The number of hydrogen-bond acceptors (Lipinski definition) is 8. The molecule has 1 saturated heterocycles. The smallest absolute Gasteiger partial charge is 0.337 e. The number of benzene rings is 2. The number of thiol groups is 1.